The summed E-state index contributed by atoms with van der Waals surface area (Å²) in [5.74, 6) is 0. The highest BCUT2D eigenvalue weighted by Gasteiger charge is 2.00. The molecule has 2 heteroatoms. The van der Waals surface area contributed by atoms with Gasteiger partial charge < -0.3 is 10.8 Å². The lowest BCUT2D eigenvalue weighted by Crippen LogP contribution is -2.02. The maximum absolute atomic E-state index is 8.97. The first-order valence-electron chi connectivity index (χ1n) is 3.68. The summed E-state index contributed by atoms with van der Waals surface area (Å²) < 4.78 is 0. The number of aliphatic hydroxyl groups is 1. The molecule has 0 aliphatic heterocycles. The molecule has 0 aromatic heterocycles. The quantitative estimate of drug-likeness (QED) is 0.661. The van der Waals surface area contributed by atoms with Gasteiger partial charge in [-0.1, -0.05) is 18.2 Å². The molecule has 60 valence electrons. The van der Waals surface area contributed by atoms with Crippen LogP contribution < -0.4 is 5.73 Å². The third kappa shape index (κ3) is 1.59. The first kappa shape index (κ1) is 8.24. The highest BCUT2D eigenvalue weighted by molar-refractivity contribution is 5.33. The van der Waals surface area contributed by atoms with Gasteiger partial charge in [-0.3, -0.25) is 0 Å². The molecule has 2 nitrogen and oxygen atoms in total. The van der Waals surface area contributed by atoms with E-state index in [1.807, 2.05) is 25.1 Å². The number of nitrogens with two attached hydrogens (primary N) is 1. The second-order valence-corrected chi connectivity index (χ2v) is 2.57. The van der Waals surface area contributed by atoms with Crippen LogP contribution in [0.25, 0.3) is 0 Å². The van der Waals surface area contributed by atoms with E-state index in [-0.39, 0.29) is 6.61 Å². The molecule has 0 unspecified atom stereocenters. The van der Waals surface area contributed by atoms with Gasteiger partial charge in [-0.15, -0.1) is 0 Å². The van der Waals surface area contributed by atoms with E-state index in [2.05, 4.69) is 0 Å². The zero-order valence-electron chi connectivity index (χ0n) is 6.67. The van der Waals surface area contributed by atoms with Gasteiger partial charge in [0.15, 0.2) is 0 Å². The number of rotatable bonds is 2. The number of hydrogen-bond acceptors (Lipinski definition) is 2. The van der Waals surface area contributed by atoms with E-state index in [4.69, 9.17) is 10.8 Å². The maximum Gasteiger partial charge on any atom is 0.0687 e. The average Bonchev–Trinajstić information content (AvgIpc) is 2.04. The topological polar surface area (TPSA) is 46.2 Å². The van der Waals surface area contributed by atoms with E-state index in [0.29, 0.717) is 6.54 Å². The van der Waals surface area contributed by atoms with E-state index < -0.39 is 0 Å². The molecule has 1 rings (SSSR count). The van der Waals surface area contributed by atoms with Crippen LogP contribution in [0.1, 0.15) is 16.7 Å². The Morgan fingerprint density at radius 1 is 1.45 bits per heavy atom. The fourth-order valence-electron chi connectivity index (χ4n) is 1.18. The van der Waals surface area contributed by atoms with Crippen molar-refractivity contribution in [3.63, 3.8) is 0 Å². The molecule has 0 heterocycles. The summed E-state index contributed by atoms with van der Waals surface area (Å²) in [4.78, 5) is 0. The minimum Gasteiger partial charge on any atom is -0.392 e. The Bertz CT molecular complexity index is 245. The van der Waals surface area contributed by atoms with Gasteiger partial charge in [0.05, 0.1) is 6.61 Å². The van der Waals surface area contributed by atoms with Crippen molar-refractivity contribution < 1.29 is 5.11 Å². The molecule has 0 saturated carbocycles. The summed E-state index contributed by atoms with van der Waals surface area (Å²) in [6.07, 6.45) is 0. The molecule has 1 aromatic rings. The zero-order valence-corrected chi connectivity index (χ0v) is 6.67. The molecule has 0 atom stereocenters. The second-order valence-electron chi connectivity index (χ2n) is 2.57. The maximum atomic E-state index is 8.97. The predicted octanol–water partition coefficient (Wildman–Crippen LogP) is 0.946. The Morgan fingerprint density at radius 2 is 2.18 bits per heavy atom. The number of hydrogen-bond donors (Lipinski definition) is 2. The van der Waals surface area contributed by atoms with Crippen LogP contribution in [0.3, 0.4) is 0 Å². The minimum absolute atomic E-state index is 0.0825. The number of aryl methyl sites for hydroxylation is 1. The van der Waals surface area contributed by atoms with Crippen molar-refractivity contribution >= 4 is 0 Å². The Kier molecular flexibility index (Phi) is 2.63. The molecule has 11 heavy (non-hydrogen) atoms. The lowest BCUT2D eigenvalue weighted by Gasteiger charge is -2.07. The largest absolute Gasteiger partial charge is 0.392 e. The monoisotopic (exact) mass is 151 g/mol. The fourth-order valence-corrected chi connectivity index (χ4v) is 1.18. The van der Waals surface area contributed by atoms with Crippen LogP contribution in [0.5, 0.6) is 0 Å². The molecule has 0 radical (unpaired) electrons. The van der Waals surface area contributed by atoms with Crippen LogP contribution in [0, 0.1) is 6.92 Å². The van der Waals surface area contributed by atoms with E-state index in [1.165, 1.54) is 0 Å². The fraction of sp³-hybridized carbons (Fsp3) is 0.333. The average molecular weight is 151 g/mol. The van der Waals surface area contributed by atoms with E-state index in [1.54, 1.807) is 0 Å². The molecule has 0 aliphatic rings. The molecule has 0 spiro atoms. The highest BCUT2D eigenvalue weighted by Crippen LogP contribution is 2.12. The Balaban J connectivity index is 3.13. The van der Waals surface area contributed by atoms with Crippen LogP contribution in [-0.2, 0) is 13.2 Å². The van der Waals surface area contributed by atoms with E-state index >= 15 is 0 Å². The van der Waals surface area contributed by atoms with Crippen molar-refractivity contribution in [3.8, 4) is 0 Å². The molecule has 0 fully saturated rings. The van der Waals surface area contributed by atoms with Gasteiger partial charge >= 0.3 is 0 Å². The van der Waals surface area contributed by atoms with Gasteiger partial charge in [0.25, 0.3) is 0 Å². The summed E-state index contributed by atoms with van der Waals surface area (Å²) in [5, 5.41) is 8.97. The van der Waals surface area contributed by atoms with Crippen molar-refractivity contribution in [2.45, 2.75) is 20.1 Å². The van der Waals surface area contributed by atoms with E-state index in [0.717, 1.165) is 16.7 Å². The molecule has 0 bridgehead atoms. The van der Waals surface area contributed by atoms with Crippen molar-refractivity contribution in [1.82, 2.24) is 0 Å². The van der Waals surface area contributed by atoms with Crippen LogP contribution in [0.2, 0.25) is 0 Å². The molecular weight excluding hydrogens is 138 g/mol. The third-order valence-corrected chi connectivity index (χ3v) is 1.89. The van der Waals surface area contributed by atoms with E-state index in [9.17, 15) is 0 Å². The van der Waals surface area contributed by atoms with Crippen LogP contribution in [0.15, 0.2) is 18.2 Å². The summed E-state index contributed by atoms with van der Waals surface area (Å²) in [6.45, 7) is 2.56. The van der Waals surface area contributed by atoms with Gasteiger partial charge in [0, 0.05) is 6.54 Å². The van der Waals surface area contributed by atoms with Crippen molar-refractivity contribution in [2.75, 3.05) is 0 Å². The lowest BCUT2D eigenvalue weighted by atomic mass is 10.0. The highest BCUT2D eigenvalue weighted by atomic mass is 16.3. The van der Waals surface area contributed by atoms with Gasteiger partial charge in [0.2, 0.25) is 0 Å². The summed E-state index contributed by atoms with van der Waals surface area (Å²) in [6, 6.07) is 5.87. The Hall–Kier alpha value is -0.860. The molecular formula is C9H13NO. The zero-order chi connectivity index (χ0) is 8.27. The first-order chi connectivity index (χ1) is 5.29. The normalized spacial score (nSPS) is 10.1. The van der Waals surface area contributed by atoms with Gasteiger partial charge in [-0.2, -0.15) is 0 Å². The third-order valence-electron chi connectivity index (χ3n) is 1.89. The van der Waals surface area contributed by atoms with Gasteiger partial charge in [0.1, 0.15) is 0 Å². The summed E-state index contributed by atoms with van der Waals surface area (Å²) >= 11 is 0. The van der Waals surface area contributed by atoms with Crippen molar-refractivity contribution in [2.24, 2.45) is 5.73 Å². The Labute approximate surface area is 66.7 Å². The molecule has 1 aromatic carbocycles. The summed E-state index contributed by atoms with van der Waals surface area (Å²) in [5.41, 5.74) is 8.59. The Morgan fingerprint density at radius 3 is 2.64 bits per heavy atom. The van der Waals surface area contributed by atoms with Gasteiger partial charge in [-0.05, 0) is 23.6 Å². The summed E-state index contributed by atoms with van der Waals surface area (Å²) in [7, 11) is 0. The van der Waals surface area contributed by atoms with Crippen LogP contribution >= 0.6 is 0 Å². The molecule has 0 saturated heterocycles. The molecule has 3 N–H and O–H groups in total. The first-order valence-corrected chi connectivity index (χ1v) is 3.68. The minimum atomic E-state index is 0.0825. The molecule has 0 amide bonds. The lowest BCUT2D eigenvalue weighted by molar-refractivity contribution is 0.280. The van der Waals surface area contributed by atoms with Crippen molar-refractivity contribution in [3.05, 3.63) is 34.9 Å². The predicted molar refractivity (Wildman–Crippen MR) is 45.0 cm³/mol. The van der Waals surface area contributed by atoms with Gasteiger partial charge in [-0.25, -0.2) is 0 Å². The van der Waals surface area contributed by atoms with Crippen LogP contribution in [0.4, 0.5) is 0 Å². The SMILES string of the molecule is Cc1cccc(CN)c1CO. The van der Waals surface area contributed by atoms with Crippen LogP contribution in [-0.4, -0.2) is 5.11 Å². The number of benzene rings is 1. The molecule has 0 aliphatic carbocycles. The second kappa shape index (κ2) is 3.51. The van der Waals surface area contributed by atoms with Crippen molar-refractivity contribution in [1.29, 1.82) is 0 Å². The standard InChI is InChI=1S/C9H13NO/c1-7-3-2-4-8(5-10)9(7)6-11/h2-4,11H,5-6,10H2,1H3. The smallest absolute Gasteiger partial charge is 0.0687 e. The number of aliphatic hydroxyl groups excluding tert-OH is 1.